The van der Waals surface area contributed by atoms with Crippen molar-refractivity contribution < 1.29 is 13.5 Å². The number of aliphatic hydroxyl groups excluding tert-OH is 1. The zero-order valence-electron chi connectivity index (χ0n) is 10.9. The molecule has 1 heterocycles. The molecule has 0 aliphatic carbocycles. The fraction of sp³-hybridized carbons (Fsp3) is 0.538. The topological polar surface area (TPSA) is 66.4 Å². The first-order valence-electron chi connectivity index (χ1n) is 6.37. The molecular weight excluding hydrogens is 282 g/mol. The van der Waals surface area contributed by atoms with Gasteiger partial charge in [0.05, 0.1) is 11.0 Å². The van der Waals surface area contributed by atoms with Crippen molar-refractivity contribution in [2.45, 2.75) is 36.8 Å². The molecule has 0 amide bonds. The minimum Gasteiger partial charge on any atom is -0.389 e. The summed E-state index contributed by atoms with van der Waals surface area (Å²) in [6, 6.07) is 6.48. The van der Waals surface area contributed by atoms with Crippen LogP contribution in [-0.4, -0.2) is 31.1 Å². The number of sulfonamides is 1. The molecule has 2 unspecified atom stereocenters. The van der Waals surface area contributed by atoms with Crippen LogP contribution in [0.25, 0.3) is 0 Å². The van der Waals surface area contributed by atoms with Crippen molar-refractivity contribution in [3.63, 3.8) is 0 Å². The lowest BCUT2D eigenvalue weighted by Gasteiger charge is -2.22. The van der Waals surface area contributed by atoms with E-state index in [1.807, 2.05) is 0 Å². The number of hydrogen-bond donors (Lipinski definition) is 2. The van der Waals surface area contributed by atoms with E-state index in [1.54, 1.807) is 36.9 Å². The highest BCUT2D eigenvalue weighted by Gasteiger charge is 2.22. The number of thioether (sulfide) groups is 1. The van der Waals surface area contributed by atoms with Crippen molar-refractivity contribution in [3.8, 4) is 0 Å². The molecule has 0 radical (unpaired) electrons. The minimum absolute atomic E-state index is 0.0129. The Bertz CT molecular complexity index is 522. The van der Waals surface area contributed by atoms with Gasteiger partial charge >= 0.3 is 0 Å². The van der Waals surface area contributed by atoms with Crippen LogP contribution in [-0.2, 0) is 10.0 Å². The maximum absolute atomic E-state index is 12.3. The fourth-order valence-corrected chi connectivity index (χ4v) is 4.57. The van der Waals surface area contributed by atoms with Gasteiger partial charge in [0.2, 0.25) is 10.0 Å². The second-order valence-corrected chi connectivity index (χ2v) is 7.65. The van der Waals surface area contributed by atoms with E-state index in [0.717, 1.165) is 24.3 Å². The summed E-state index contributed by atoms with van der Waals surface area (Å²) in [5, 5.41) is 9.52. The maximum Gasteiger partial charge on any atom is 0.240 e. The van der Waals surface area contributed by atoms with Crippen molar-refractivity contribution in [3.05, 3.63) is 29.8 Å². The molecule has 2 rings (SSSR count). The highest BCUT2D eigenvalue weighted by atomic mass is 32.2. The molecule has 1 aliphatic rings. The number of nitrogens with one attached hydrogen (secondary N) is 1. The van der Waals surface area contributed by atoms with Crippen molar-refractivity contribution in [1.29, 1.82) is 0 Å². The molecule has 6 heteroatoms. The van der Waals surface area contributed by atoms with E-state index >= 15 is 0 Å². The highest BCUT2D eigenvalue weighted by molar-refractivity contribution is 7.99. The lowest BCUT2D eigenvalue weighted by molar-refractivity contribution is 0.199. The van der Waals surface area contributed by atoms with Gasteiger partial charge in [0.1, 0.15) is 0 Å². The predicted octanol–water partition coefficient (Wildman–Crippen LogP) is 1.91. The summed E-state index contributed by atoms with van der Waals surface area (Å²) in [5.74, 6) is 1.94. The summed E-state index contributed by atoms with van der Waals surface area (Å²) in [4.78, 5) is 0.224. The molecule has 1 saturated heterocycles. The molecule has 0 bridgehead atoms. The van der Waals surface area contributed by atoms with E-state index in [9.17, 15) is 13.5 Å². The SMILES string of the molecule is CC(O)c1cccc(S(=O)(=O)NC2CCCSC2)c1. The van der Waals surface area contributed by atoms with Gasteiger partial charge in [-0.3, -0.25) is 0 Å². The Hall–Kier alpha value is -0.560. The molecule has 19 heavy (non-hydrogen) atoms. The number of benzene rings is 1. The Morgan fingerprint density at radius 1 is 1.47 bits per heavy atom. The molecule has 1 aromatic rings. The fourth-order valence-electron chi connectivity index (χ4n) is 2.06. The van der Waals surface area contributed by atoms with Crippen LogP contribution in [0.3, 0.4) is 0 Å². The zero-order valence-corrected chi connectivity index (χ0v) is 12.5. The van der Waals surface area contributed by atoms with Gasteiger partial charge in [-0.25, -0.2) is 13.1 Å². The average molecular weight is 301 g/mol. The molecule has 2 N–H and O–H groups in total. The molecule has 2 atom stereocenters. The molecular formula is C13H19NO3S2. The standard InChI is InChI=1S/C13H19NO3S2/c1-10(15)11-4-2-6-13(8-11)19(16,17)14-12-5-3-7-18-9-12/h2,4,6,8,10,12,14-15H,3,5,7,9H2,1H3. The molecule has 4 nitrogen and oxygen atoms in total. The van der Waals surface area contributed by atoms with E-state index in [1.165, 1.54) is 6.07 Å². The normalized spacial score (nSPS) is 22.1. The Kier molecular flexibility index (Phi) is 4.89. The van der Waals surface area contributed by atoms with Gasteiger partial charge in [-0.15, -0.1) is 0 Å². The first kappa shape index (κ1) is 14.8. The molecule has 0 spiro atoms. The second kappa shape index (κ2) is 6.26. The smallest absolute Gasteiger partial charge is 0.240 e. The lowest BCUT2D eigenvalue weighted by Crippen LogP contribution is -2.38. The zero-order chi connectivity index (χ0) is 13.9. The Morgan fingerprint density at radius 3 is 2.89 bits per heavy atom. The minimum atomic E-state index is -3.49. The van der Waals surface area contributed by atoms with E-state index in [2.05, 4.69) is 4.72 Å². The van der Waals surface area contributed by atoms with Crippen molar-refractivity contribution in [2.75, 3.05) is 11.5 Å². The van der Waals surface area contributed by atoms with Gasteiger partial charge in [0.25, 0.3) is 0 Å². The van der Waals surface area contributed by atoms with Gasteiger partial charge < -0.3 is 5.11 Å². The van der Waals surface area contributed by atoms with Crippen LogP contribution < -0.4 is 4.72 Å². The average Bonchev–Trinajstić information content (AvgIpc) is 2.39. The Labute approximate surface area is 118 Å². The number of rotatable bonds is 4. The molecule has 1 aliphatic heterocycles. The third kappa shape index (κ3) is 3.95. The molecule has 1 aromatic carbocycles. The second-order valence-electron chi connectivity index (χ2n) is 4.78. The van der Waals surface area contributed by atoms with E-state index in [0.29, 0.717) is 5.56 Å². The third-order valence-corrected chi connectivity index (χ3v) is 5.87. The van der Waals surface area contributed by atoms with Crippen molar-refractivity contribution in [2.24, 2.45) is 0 Å². The molecule has 0 saturated carbocycles. The summed E-state index contributed by atoms with van der Waals surface area (Å²) in [6.07, 6.45) is 1.27. The Balaban J connectivity index is 2.16. The van der Waals surface area contributed by atoms with E-state index in [-0.39, 0.29) is 10.9 Å². The van der Waals surface area contributed by atoms with Gasteiger partial charge in [-0.2, -0.15) is 11.8 Å². The summed E-state index contributed by atoms with van der Waals surface area (Å²) in [6.45, 7) is 1.62. The lowest BCUT2D eigenvalue weighted by atomic mass is 10.1. The summed E-state index contributed by atoms with van der Waals surface area (Å²) in [7, 11) is -3.49. The first-order chi connectivity index (χ1) is 8.99. The van der Waals surface area contributed by atoms with Gasteiger partial charge in [-0.1, -0.05) is 12.1 Å². The molecule has 1 fully saturated rings. The van der Waals surface area contributed by atoms with Crippen LogP contribution in [0.1, 0.15) is 31.4 Å². The van der Waals surface area contributed by atoms with Crippen LogP contribution >= 0.6 is 11.8 Å². The monoisotopic (exact) mass is 301 g/mol. The van der Waals surface area contributed by atoms with E-state index in [4.69, 9.17) is 0 Å². The van der Waals surface area contributed by atoms with E-state index < -0.39 is 16.1 Å². The summed E-state index contributed by atoms with van der Waals surface area (Å²) < 4.78 is 27.3. The Morgan fingerprint density at radius 2 is 2.26 bits per heavy atom. The van der Waals surface area contributed by atoms with Crippen LogP contribution in [0.5, 0.6) is 0 Å². The molecule has 106 valence electrons. The van der Waals surface area contributed by atoms with Crippen molar-refractivity contribution in [1.82, 2.24) is 4.72 Å². The van der Waals surface area contributed by atoms with Crippen LogP contribution in [0.15, 0.2) is 29.2 Å². The highest BCUT2D eigenvalue weighted by Crippen LogP contribution is 2.21. The predicted molar refractivity (Wildman–Crippen MR) is 77.7 cm³/mol. The van der Waals surface area contributed by atoms with Crippen LogP contribution in [0.4, 0.5) is 0 Å². The first-order valence-corrected chi connectivity index (χ1v) is 9.01. The van der Waals surface area contributed by atoms with Crippen LogP contribution in [0, 0.1) is 0 Å². The van der Waals surface area contributed by atoms with Gasteiger partial charge in [0, 0.05) is 11.8 Å². The summed E-state index contributed by atoms with van der Waals surface area (Å²) >= 11 is 1.78. The maximum atomic E-state index is 12.3. The van der Waals surface area contributed by atoms with Gasteiger partial charge in [0.15, 0.2) is 0 Å². The van der Waals surface area contributed by atoms with Crippen molar-refractivity contribution >= 4 is 21.8 Å². The van der Waals surface area contributed by atoms with Crippen LogP contribution in [0.2, 0.25) is 0 Å². The third-order valence-electron chi connectivity index (χ3n) is 3.13. The molecule has 0 aromatic heterocycles. The largest absolute Gasteiger partial charge is 0.389 e. The number of aliphatic hydroxyl groups is 1. The quantitative estimate of drug-likeness (QED) is 0.891. The number of hydrogen-bond acceptors (Lipinski definition) is 4. The summed E-state index contributed by atoms with van der Waals surface area (Å²) in [5.41, 5.74) is 0.612. The van der Waals surface area contributed by atoms with Gasteiger partial charge in [-0.05, 0) is 43.2 Å².